The van der Waals surface area contributed by atoms with Gasteiger partial charge in [-0.25, -0.2) is 0 Å². The highest BCUT2D eigenvalue weighted by atomic mass is 16.5. The number of carbonyl (C=O) groups excluding carboxylic acids is 2. The van der Waals surface area contributed by atoms with Gasteiger partial charge in [-0.15, -0.1) is 0 Å². The molecule has 0 radical (unpaired) electrons. The van der Waals surface area contributed by atoms with Gasteiger partial charge in [0.25, 0.3) is 0 Å². The van der Waals surface area contributed by atoms with E-state index in [0.717, 1.165) is 12.8 Å². The Labute approximate surface area is 101 Å². The van der Waals surface area contributed by atoms with E-state index in [1.807, 2.05) is 0 Å². The third kappa shape index (κ3) is 2.04. The van der Waals surface area contributed by atoms with E-state index in [-0.39, 0.29) is 23.4 Å². The van der Waals surface area contributed by atoms with E-state index in [2.05, 4.69) is 12.2 Å². The average Bonchev–Trinajstić information content (AvgIpc) is 2.27. The molecule has 2 rings (SSSR count). The summed E-state index contributed by atoms with van der Waals surface area (Å²) in [6, 6.07) is -0.805. The van der Waals surface area contributed by atoms with Crippen molar-refractivity contribution in [1.29, 1.82) is 0 Å². The average molecular weight is 240 g/mol. The van der Waals surface area contributed by atoms with E-state index in [0.29, 0.717) is 13.2 Å². The molecule has 0 aliphatic carbocycles. The van der Waals surface area contributed by atoms with Crippen LogP contribution in [0.25, 0.3) is 0 Å². The molecule has 5 nitrogen and oxygen atoms in total. The molecule has 0 saturated carbocycles. The Kier molecular flexibility index (Phi) is 3.12. The Morgan fingerprint density at radius 2 is 1.88 bits per heavy atom. The van der Waals surface area contributed by atoms with Gasteiger partial charge in [0.05, 0.1) is 0 Å². The summed E-state index contributed by atoms with van der Waals surface area (Å²) in [4.78, 5) is 25.8. The summed E-state index contributed by atoms with van der Waals surface area (Å²) < 4.78 is 5.34. The number of amides is 2. The molecular weight excluding hydrogens is 220 g/mol. The molecule has 0 aromatic rings. The second kappa shape index (κ2) is 4.29. The van der Waals surface area contributed by atoms with Gasteiger partial charge in [-0.1, -0.05) is 0 Å². The highest BCUT2D eigenvalue weighted by molar-refractivity contribution is 5.96. The second-order valence-corrected chi connectivity index (χ2v) is 5.22. The minimum atomic E-state index is -0.418. The highest BCUT2D eigenvalue weighted by Crippen LogP contribution is 2.31. The maximum absolute atomic E-state index is 12.3. The van der Waals surface area contributed by atoms with Gasteiger partial charge in [0.15, 0.2) is 0 Å². The molecule has 2 atom stereocenters. The number of ether oxygens (including phenoxy) is 1. The van der Waals surface area contributed by atoms with Gasteiger partial charge in [-0.3, -0.25) is 9.59 Å². The second-order valence-electron chi connectivity index (χ2n) is 5.22. The lowest BCUT2D eigenvalue weighted by atomic mass is 9.87. The molecule has 96 valence electrons. The zero-order valence-electron chi connectivity index (χ0n) is 10.7. The minimum Gasteiger partial charge on any atom is -0.381 e. The number of hydrogen-bond acceptors (Lipinski definition) is 3. The summed E-state index contributed by atoms with van der Waals surface area (Å²) in [7, 11) is 0. The fraction of sp³-hybridized carbons (Fsp3) is 0.833. The van der Waals surface area contributed by atoms with Crippen molar-refractivity contribution in [3.05, 3.63) is 0 Å². The maximum atomic E-state index is 12.3. The van der Waals surface area contributed by atoms with Crippen LogP contribution in [0.1, 0.15) is 33.6 Å². The van der Waals surface area contributed by atoms with Gasteiger partial charge in [0.2, 0.25) is 11.8 Å². The van der Waals surface area contributed by atoms with Gasteiger partial charge >= 0.3 is 0 Å². The smallest absolute Gasteiger partial charge is 0.245 e. The van der Waals surface area contributed by atoms with E-state index in [4.69, 9.17) is 4.74 Å². The molecule has 2 amide bonds. The zero-order valence-corrected chi connectivity index (χ0v) is 10.7. The number of rotatable bonds is 1. The molecule has 2 unspecified atom stereocenters. The number of nitrogens with zero attached hydrogens (tertiary/aromatic N) is 1. The summed E-state index contributed by atoms with van der Waals surface area (Å²) in [6.07, 6.45) is 1.59. The molecule has 1 N–H and O–H groups in total. The van der Waals surface area contributed by atoms with Crippen molar-refractivity contribution in [2.45, 2.75) is 51.2 Å². The molecule has 2 heterocycles. The van der Waals surface area contributed by atoms with Crippen LogP contribution in [0.3, 0.4) is 0 Å². The fourth-order valence-corrected chi connectivity index (χ4v) is 2.70. The van der Waals surface area contributed by atoms with Crippen molar-refractivity contribution in [3.63, 3.8) is 0 Å². The van der Waals surface area contributed by atoms with E-state index in [1.165, 1.54) is 0 Å². The molecular formula is C12H20N2O3. The molecule has 0 bridgehead atoms. The monoisotopic (exact) mass is 240 g/mol. The molecule has 0 aromatic carbocycles. The lowest BCUT2D eigenvalue weighted by molar-refractivity contribution is -0.159. The normalized spacial score (nSPS) is 33.5. The molecule has 0 aromatic heterocycles. The summed E-state index contributed by atoms with van der Waals surface area (Å²) in [6.45, 7) is 6.89. The fourth-order valence-electron chi connectivity index (χ4n) is 2.70. The van der Waals surface area contributed by atoms with Crippen LogP contribution in [0.5, 0.6) is 0 Å². The standard InChI is InChI=1S/C12H20N2O3/c1-8-11(16)14(9(2)10(15)13-8)12(3)4-6-17-7-5-12/h8-9H,4-7H2,1-3H3,(H,13,15). The third-order valence-electron chi connectivity index (χ3n) is 3.88. The van der Waals surface area contributed by atoms with Crippen molar-refractivity contribution in [2.24, 2.45) is 0 Å². The van der Waals surface area contributed by atoms with Crippen LogP contribution in [0.15, 0.2) is 0 Å². The van der Waals surface area contributed by atoms with Crippen LogP contribution >= 0.6 is 0 Å². The SMILES string of the molecule is CC1NC(=O)C(C)N(C2(C)CCOCC2)C1=O. The summed E-state index contributed by atoms with van der Waals surface area (Å²) >= 11 is 0. The summed E-state index contributed by atoms with van der Waals surface area (Å²) in [5.74, 6) is -0.0497. The number of carbonyl (C=O) groups is 2. The van der Waals surface area contributed by atoms with E-state index in [1.54, 1.807) is 18.7 Å². The molecule has 2 aliphatic heterocycles. The van der Waals surface area contributed by atoms with Crippen molar-refractivity contribution in [2.75, 3.05) is 13.2 Å². The van der Waals surface area contributed by atoms with E-state index >= 15 is 0 Å². The van der Waals surface area contributed by atoms with Gasteiger partial charge < -0.3 is 15.0 Å². The number of nitrogens with one attached hydrogen (secondary N) is 1. The lowest BCUT2D eigenvalue weighted by Gasteiger charge is -2.49. The molecule has 0 spiro atoms. The van der Waals surface area contributed by atoms with Crippen LogP contribution in [-0.4, -0.2) is 47.6 Å². The number of hydrogen-bond donors (Lipinski definition) is 1. The first kappa shape index (κ1) is 12.4. The van der Waals surface area contributed by atoms with Crippen molar-refractivity contribution < 1.29 is 14.3 Å². The van der Waals surface area contributed by atoms with Crippen molar-refractivity contribution in [3.8, 4) is 0 Å². The first-order valence-electron chi connectivity index (χ1n) is 6.17. The Hall–Kier alpha value is -1.10. The number of piperazine rings is 1. The zero-order chi connectivity index (χ0) is 12.6. The molecule has 2 aliphatic rings. The molecule has 2 fully saturated rings. The quantitative estimate of drug-likeness (QED) is 0.716. The third-order valence-corrected chi connectivity index (χ3v) is 3.88. The van der Waals surface area contributed by atoms with Crippen molar-refractivity contribution in [1.82, 2.24) is 10.2 Å². The maximum Gasteiger partial charge on any atom is 0.245 e. The van der Waals surface area contributed by atoms with Crippen LogP contribution in [0.4, 0.5) is 0 Å². The van der Waals surface area contributed by atoms with Crippen molar-refractivity contribution >= 4 is 11.8 Å². The topological polar surface area (TPSA) is 58.6 Å². The molecule has 5 heteroatoms. The highest BCUT2D eigenvalue weighted by Gasteiger charge is 2.46. The van der Waals surface area contributed by atoms with E-state index in [9.17, 15) is 9.59 Å². The summed E-state index contributed by atoms with van der Waals surface area (Å²) in [5.41, 5.74) is -0.249. The van der Waals surface area contributed by atoms with Crippen LogP contribution < -0.4 is 5.32 Å². The van der Waals surface area contributed by atoms with Crippen LogP contribution in [0.2, 0.25) is 0 Å². The van der Waals surface area contributed by atoms with Crippen LogP contribution in [0, 0.1) is 0 Å². The predicted octanol–water partition coefficient (Wildman–Crippen LogP) is 0.291. The molecule has 2 saturated heterocycles. The Balaban J connectivity index is 2.26. The van der Waals surface area contributed by atoms with Crippen LogP contribution in [-0.2, 0) is 14.3 Å². The van der Waals surface area contributed by atoms with Gasteiger partial charge in [0, 0.05) is 18.8 Å². The lowest BCUT2D eigenvalue weighted by Crippen LogP contribution is -2.68. The Morgan fingerprint density at radius 3 is 2.47 bits per heavy atom. The van der Waals surface area contributed by atoms with E-state index < -0.39 is 6.04 Å². The van der Waals surface area contributed by atoms with Gasteiger partial charge in [-0.05, 0) is 33.6 Å². The Morgan fingerprint density at radius 1 is 1.29 bits per heavy atom. The first-order valence-corrected chi connectivity index (χ1v) is 6.17. The van der Waals surface area contributed by atoms with Gasteiger partial charge in [0.1, 0.15) is 12.1 Å². The minimum absolute atomic E-state index is 0.0153. The summed E-state index contributed by atoms with van der Waals surface area (Å²) in [5, 5.41) is 2.70. The van der Waals surface area contributed by atoms with Gasteiger partial charge in [-0.2, -0.15) is 0 Å². The predicted molar refractivity (Wildman–Crippen MR) is 62.4 cm³/mol. The Bertz CT molecular complexity index is 337. The molecule has 17 heavy (non-hydrogen) atoms. The first-order chi connectivity index (χ1) is 7.96. The largest absolute Gasteiger partial charge is 0.381 e.